The van der Waals surface area contributed by atoms with Crippen molar-refractivity contribution in [1.82, 2.24) is 5.32 Å². The van der Waals surface area contributed by atoms with Gasteiger partial charge in [0, 0.05) is 16.3 Å². The molecule has 0 aliphatic carbocycles. The summed E-state index contributed by atoms with van der Waals surface area (Å²) in [6, 6.07) is 29.5. The van der Waals surface area contributed by atoms with Crippen molar-refractivity contribution in [2.45, 2.75) is 12.5 Å². The van der Waals surface area contributed by atoms with Gasteiger partial charge in [-0.15, -0.1) is 0 Å². The van der Waals surface area contributed by atoms with E-state index < -0.39 is 6.04 Å². The van der Waals surface area contributed by atoms with Gasteiger partial charge in [0.2, 0.25) is 0 Å². The van der Waals surface area contributed by atoms with Crippen molar-refractivity contribution in [3.63, 3.8) is 0 Å². The molecule has 4 rings (SSSR count). The number of Topliss-reactive ketones (excluding diaryl/α,β-unsaturated/α-hetero) is 1. The van der Waals surface area contributed by atoms with Crippen LogP contribution in [-0.4, -0.2) is 24.3 Å². The molecule has 0 aliphatic rings. The van der Waals surface area contributed by atoms with E-state index in [1.54, 1.807) is 18.2 Å². The number of benzene rings is 4. The van der Waals surface area contributed by atoms with Gasteiger partial charge in [0.05, 0.1) is 12.6 Å². The van der Waals surface area contributed by atoms with Crippen molar-refractivity contribution in [3.8, 4) is 0 Å². The molecule has 4 aromatic carbocycles. The van der Waals surface area contributed by atoms with Gasteiger partial charge in [0.1, 0.15) is 0 Å². The molecule has 0 bridgehead atoms. The van der Waals surface area contributed by atoms with Crippen LogP contribution in [0.3, 0.4) is 0 Å². The van der Waals surface area contributed by atoms with Crippen LogP contribution < -0.4 is 10.6 Å². The molecule has 0 heterocycles. The molecule has 0 aromatic heterocycles. The summed E-state index contributed by atoms with van der Waals surface area (Å²) in [6.45, 7) is 0.109. The number of ketones is 1. The molecule has 4 nitrogen and oxygen atoms in total. The first kappa shape index (κ1) is 21.6. The molecule has 1 amide bonds. The van der Waals surface area contributed by atoms with Crippen LogP contribution in [-0.2, 0) is 11.2 Å². The third-order valence-electron chi connectivity index (χ3n) is 5.32. The van der Waals surface area contributed by atoms with Gasteiger partial charge in [-0.25, -0.2) is 0 Å². The Labute approximate surface area is 192 Å². The SMILES string of the molecule is O=C(N[C@@H](Cc1ccc(Cl)cc1)C(=O)CNc1ccccc1)c1cccc2ccccc12. The maximum absolute atomic E-state index is 13.2. The van der Waals surface area contributed by atoms with Crippen molar-refractivity contribution in [3.05, 3.63) is 113 Å². The summed E-state index contributed by atoms with van der Waals surface area (Å²) in [5.41, 5.74) is 2.32. The summed E-state index contributed by atoms with van der Waals surface area (Å²) in [5, 5.41) is 8.56. The fourth-order valence-electron chi connectivity index (χ4n) is 3.63. The largest absolute Gasteiger partial charge is 0.378 e. The minimum absolute atomic E-state index is 0.0996. The topological polar surface area (TPSA) is 58.2 Å². The molecule has 1 atom stereocenters. The Bertz CT molecular complexity index is 1220. The fourth-order valence-corrected chi connectivity index (χ4v) is 3.76. The third-order valence-corrected chi connectivity index (χ3v) is 5.57. The molecule has 0 aliphatic heterocycles. The molecule has 32 heavy (non-hydrogen) atoms. The quantitative estimate of drug-likeness (QED) is 0.378. The van der Waals surface area contributed by atoms with Crippen LogP contribution in [0.1, 0.15) is 15.9 Å². The zero-order chi connectivity index (χ0) is 22.3. The van der Waals surface area contributed by atoms with Crippen molar-refractivity contribution in [2.75, 3.05) is 11.9 Å². The Balaban J connectivity index is 1.55. The van der Waals surface area contributed by atoms with Crippen molar-refractivity contribution in [1.29, 1.82) is 0 Å². The van der Waals surface area contributed by atoms with E-state index in [1.165, 1.54) is 0 Å². The van der Waals surface area contributed by atoms with Crippen LogP contribution in [0.2, 0.25) is 5.02 Å². The highest BCUT2D eigenvalue weighted by Gasteiger charge is 2.22. The van der Waals surface area contributed by atoms with Gasteiger partial charge in [-0.2, -0.15) is 0 Å². The van der Waals surface area contributed by atoms with E-state index in [1.807, 2.05) is 78.9 Å². The Morgan fingerprint density at radius 1 is 0.781 bits per heavy atom. The number of nitrogens with one attached hydrogen (secondary N) is 2. The summed E-state index contributed by atoms with van der Waals surface area (Å²) in [6.07, 6.45) is 0.378. The van der Waals surface area contributed by atoms with E-state index in [0.29, 0.717) is 17.0 Å². The molecule has 160 valence electrons. The smallest absolute Gasteiger partial charge is 0.252 e. The number of halogens is 1. The van der Waals surface area contributed by atoms with E-state index in [-0.39, 0.29) is 18.2 Å². The highest BCUT2D eigenvalue weighted by Crippen LogP contribution is 2.19. The molecule has 0 radical (unpaired) electrons. The zero-order valence-corrected chi connectivity index (χ0v) is 18.2. The molecule has 2 N–H and O–H groups in total. The first-order valence-corrected chi connectivity index (χ1v) is 10.8. The van der Waals surface area contributed by atoms with Gasteiger partial charge in [0.15, 0.2) is 5.78 Å². The highest BCUT2D eigenvalue weighted by atomic mass is 35.5. The van der Waals surface area contributed by atoms with Crippen molar-refractivity contribution >= 4 is 39.8 Å². The molecule has 0 unspecified atom stereocenters. The molecular weight excluding hydrogens is 420 g/mol. The third kappa shape index (κ3) is 5.34. The van der Waals surface area contributed by atoms with E-state index >= 15 is 0 Å². The lowest BCUT2D eigenvalue weighted by Crippen LogP contribution is -2.44. The molecular formula is C27H23ClN2O2. The summed E-state index contributed by atoms with van der Waals surface area (Å²) in [7, 11) is 0. The summed E-state index contributed by atoms with van der Waals surface area (Å²) >= 11 is 6.00. The first-order valence-electron chi connectivity index (χ1n) is 10.4. The monoisotopic (exact) mass is 442 g/mol. The Kier molecular flexibility index (Phi) is 6.83. The Hall–Kier alpha value is -3.63. The van der Waals surface area contributed by atoms with E-state index in [9.17, 15) is 9.59 Å². The van der Waals surface area contributed by atoms with Crippen LogP contribution in [0, 0.1) is 0 Å². The second-order valence-electron chi connectivity index (χ2n) is 7.57. The molecule has 0 fully saturated rings. The summed E-state index contributed by atoms with van der Waals surface area (Å²) in [4.78, 5) is 26.3. The normalized spacial score (nSPS) is 11.7. The maximum atomic E-state index is 13.2. The molecule has 4 aromatic rings. The van der Waals surface area contributed by atoms with E-state index in [2.05, 4.69) is 10.6 Å². The number of carbonyl (C=O) groups excluding carboxylic acids is 2. The van der Waals surface area contributed by atoms with Gasteiger partial charge in [-0.1, -0.05) is 78.3 Å². The molecule has 5 heteroatoms. The maximum Gasteiger partial charge on any atom is 0.252 e. The van der Waals surface area contributed by atoms with Crippen LogP contribution in [0.5, 0.6) is 0 Å². The standard InChI is InChI=1S/C27H23ClN2O2/c28-21-15-13-19(14-16-21)17-25(26(31)18-29-22-9-2-1-3-10-22)30-27(32)24-12-6-8-20-7-4-5-11-23(20)24/h1-16,25,29H,17-18H2,(H,30,32)/t25-/m0/s1. The first-order chi connectivity index (χ1) is 15.6. The number of anilines is 1. The predicted molar refractivity (Wildman–Crippen MR) is 130 cm³/mol. The highest BCUT2D eigenvalue weighted by molar-refractivity contribution is 6.30. The van der Waals surface area contributed by atoms with Gasteiger partial charge in [-0.3, -0.25) is 9.59 Å². The molecule has 0 saturated carbocycles. The van der Waals surface area contributed by atoms with Gasteiger partial charge in [-0.05, 0) is 53.1 Å². The minimum atomic E-state index is -0.682. The summed E-state index contributed by atoms with van der Waals surface area (Å²) in [5.74, 6) is -0.369. The van der Waals surface area contributed by atoms with Crippen LogP contribution >= 0.6 is 11.6 Å². The summed E-state index contributed by atoms with van der Waals surface area (Å²) < 4.78 is 0. The van der Waals surface area contributed by atoms with Crippen LogP contribution in [0.25, 0.3) is 10.8 Å². The van der Waals surface area contributed by atoms with Crippen LogP contribution in [0.4, 0.5) is 5.69 Å². The van der Waals surface area contributed by atoms with Gasteiger partial charge >= 0.3 is 0 Å². The minimum Gasteiger partial charge on any atom is -0.378 e. The number of para-hydroxylation sites is 1. The number of hydrogen-bond acceptors (Lipinski definition) is 3. The van der Waals surface area contributed by atoms with Crippen LogP contribution in [0.15, 0.2) is 97.1 Å². The average molecular weight is 443 g/mol. The van der Waals surface area contributed by atoms with Gasteiger partial charge in [0.25, 0.3) is 5.91 Å². The number of fused-ring (bicyclic) bond motifs is 1. The number of amides is 1. The lowest BCUT2D eigenvalue weighted by atomic mass is 10.00. The number of hydrogen-bond donors (Lipinski definition) is 2. The van der Waals surface area contributed by atoms with Crippen molar-refractivity contribution < 1.29 is 9.59 Å². The van der Waals surface area contributed by atoms with E-state index in [0.717, 1.165) is 22.0 Å². The van der Waals surface area contributed by atoms with Gasteiger partial charge < -0.3 is 10.6 Å². The molecule has 0 saturated heterocycles. The zero-order valence-electron chi connectivity index (χ0n) is 17.4. The Morgan fingerprint density at radius 3 is 2.25 bits per heavy atom. The fraction of sp³-hybridized carbons (Fsp3) is 0.111. The van der Waals surface area contributed by atoms with Crippen molar-refractivity contribution in [2.24, 2.45) is 0 Å². The number of carbonyl (C=O) groups is 2. The predicted octanol–water partition coefficient (Wildman–Crippen LogP) is 5.52. The lowest BCUT2D eigenvalue weighted by Gasteiger charge is -2.19. The molecule has 0 spiro atoms. The average Bonchev–Trinajstić information content (AvgIpc) is 2.83. The second-order valence-corrected chi connectivity index (χ2v) is 8.01. The number of rotatable bonds is 8. The Morgan fingerprint density at radius 2 is 1.47 bits per heavy atom. The second kappa shape index (κ2) is 10.1. The lowest BCUT2D eigenvalue weighted by molar-refractivity contribution is -0.119. The van der Waals surface area contributed by atoms with E-state index in [4.69, 9.17) is 11.6 Å².